The fourth-order valence-corrected chi connectivity index (χ4v) is 2.80. The van der Waals surface area contributed by atoms with E-state index in [1.165, 1.54) is 24.2 Å². The van der Waals surface area contributed by atoms with Gasteiger partial charge in [-0.25, -0.2) is 9.18 Å². The van der Waals surface area contributed by atoms with Crippen molar-refractivity contribution < 1.29 is 23.9 Å². The molecule has 0 bridgehead atoms. The van der Waals surface area contributed by atoms with Gasteiger partial charge in [-0.2, -0.15) is 0 Å². The quantitative estimate of drug-likeness (QED) is 0.354. The minimum absolute atomic E-state index is 0.118. The Morgan fingerprint density at radius 1 is 1.50 bits per heavy atom. The predicted octanol–water partition coefficient (Wildman–Crippen LogP) is 1.26. The molecule has 0 unspecified atom stereocenters. The first-order valence-electron chi connectivity index (χ1n) is 7.88. The van der Waals surface area contributed by atoms with Crippen molar-refractivity contribution in [1.29, 1.82) is 0 Å². The molecule has 2 aliphatic heterocycles. The van der Waals surface area contributed by atoms with E-state index in [1.807, 2.05) is 0 Å². The van der Waals surface area contributed by atoms with Crippen molar-refractivity contribution in [3.63, 3.8) is 0 Å². The van der Waals surface area contributed by atoms with Crippen LogP contribution in [0.5, 0.6) is 0 Å². The Bertz CT molecular complexity index is 769. The summed E-state index contributed by atoms with van der Waals surface area (Å²) in [6.45, 7) is 2.00. The van der Waals surface area contributed by atoms with E-state index in [0.29, 0.717) is 11.4 Å². The molecule has 0 aromatic heterocycles. The maximum atomic E-state index is 14.6. The second-order valence-electron chi connectivity index (χ2n) is 5.83. The fourth-order valence-electron chi connectivity index (χ4n) is 2.80. The summed E-state index contributed by atoms with van der Waals surface area (Å²) in [6.07, 6.45) is 3.90. The van der Waals surface area contributed by atoms with E-state index in [2.05, 4.69) is 10.5 Å². The molecule has 138 valence electrons. The van der Waals surface area contributed by atoms with Gasteiger partial charge in [-0.3, -0.25) is 9.69 Å². The van der Waals surface area contributed by atoms with Gasteiger partial charge in [0.05, 0.1) is 24.1 Å². The number of halogens is 1. The van der Waals surface area contributed by atoms with Crippen molar-refractivity contribution in [1.82, 2.24) is 10.2 Å². The SMILES string of the molecule is CC(=O)NC[C@H]1COC(=O)N1c1ccc(N2C=CN(C=NO)C2)c(F)c1. The summed E-state index contributed by atoms with van der Waals surface area (Å²) in [6, 6.07) is 4.01. The highest BCUT2D eigenvalue weighted by molar-refractivity contribution is 5.90. The molecule has 10 heteroatoms. The molecule has 9 nitrogen and oxygen atoms in total. The number of ether oxygens (including phenoxy) is 1. The number of cyclic esters (lactones) is 1. The minimum Gasteiger partial charge on any atom is -0.447 e. The number of nitrogens with zero attached hydrogens (tertiary/aromatic N) is 4. The van der Waals surface area contributed by atoms with Gasteiger partial charge in [0.2, 0.25) is 5.91 Å². The molecule has 2 aliphatic rings. The van der Waals surface area contributed by atoms with Gasteiger partial charge in [0.25, 0.3) is 0 Å². The number of oxime groups is 1. The first-order chi connectivity index (χ1) is 12.5. The van der Waals surface area contributed by atoms with Gasteiger partial charge < -0.3 is 25.1 Å². The number of hydrogen-bond acceptors (Lipinski definition) is 6. The maximum absolute atomic E-state index is 14.6. The van der Waals surface area contributed by atoms with Crippen molar-refractivity contribution in [2.45, 2.75) is 13.0 Å². The number of benzene rings is 1. The van der Waals surface area contributed by atoms with Crippen molar-refractivity contribution >= 4 is 29.7 Å². The predicted molar refractivity (Wildman–Crippen MR) is 91.3 cm³/mol. The lowest BCUT2D eigenvalue weighted by atomic mass is 10.2. The number of carbonyl (C=O) groups excluding carboxylic acids is 2. The third kappa shape index (κ3) is 3.53. The summed E-state index contributed by atoms with van der Waals surface area (Å²) in [5.74, 6) is -0.740. The Labute approximate surface area is 148 Å². The number of hydrogen-bond donors (Lipinski definition) is 2. The molecule has 2 N–H and O–H groups in total. The number of rotatable bonds is 5. The lowest BCUT2D eigenvalue weighted by Crippen LogP contribution is -2.42. The molecular formula is C16H18FN5O4. The second-order valence-corrected chi connectivity index (χ2v) is 5.83. The van der Waals surface area contributed by atoms with Crippen molar-refractivity contribution in [3.8, 4) is 0 Å². The van der Waals surface area contributed by atoms with E-state index in [4.69, 9.17) is 9.94 Å². The number of nitrogens with one attached hydrogen (secondary N) is 1. The Morgan fingerprint density at radius 2 is 2.31 bits per heavy atom. The number of carbonyl (C=O) groups is 2. The van der Waals surface area contributed by atoms with E-state index < -0.39 is 18.0 Å². The highest BCUT2D eigenvalue weighted by atomic mass is 19.1. The molecule has 3 rings (SSSR count). The van der Waals surface area contributed by atoms with Crippen LogP contribution in [0.1, 0.15) is 6.92 Å². The van der Waals surface area contributed by atoms with Crippen LogP contribution < -0.4 is 15.1 Å². The lowest BCUT2D eigenvalue weighted by Gasteiger charge is -2.23. The molecule has 0 spiro atoms. The zero-order valence-corrected chi connectivity index (χ0v) is 14.0. The molecule has 1 saturated heterocycles. The van der Waals surface area contributed by atoms with Gasteiger partial charge in [0, 0.05) is 25.9 Å². The van der Waals surface area contributed by atoms with Crippen molar-refractivity contribution in [3.05, 3.63) is 36.4 Å². The topological polar surface area (TPSA) is 97.7 Å². The maximum Gasteiger partial charge on any atom is 0.414 e. The van der Waals surface area contributed by atoms with Crippen LogP contribution >= 0.6 is 0 Å². The van der Waals surface area contributed by atoms with Gasteiger partial charge in [-0.1, -0.05) is 5.16 Å². The molecule has 2 amide bonds. The Morgan fingerprint density at radius 3 is 3.00 bits per heavy atom. The summed E-state index contributed by atoms with van der Waals surface area (Å²) in [5, 5.41) is 14.1. The fraction of sp³-hybridized carbons (Fsp3) is 0.312. The highest BCUT2D eigenvalue weighted by Crippen LogP contribution is 2.30. The molecule has 1 aromatic rings. The van der Waals surface area contributed by atoms with Gasteiger partial charge in [-0.05, 0) is 18.2 Å². The Hall–Kier alpha value is -3.30. The van der Waals surface area contributed by atoms with Crippen LogP contribution in [0.15, 0.2) is 35.8 Å². The molecule has 0 aliphatic carbocycles. The van der Waals surface area contributed by atoms with E-state index in [0.717, 1.165) is 0 Å². The third-order valence-electron chi connectivity index (χ3n) is 4.02. The third-order valence-corrected chi connectivity index (χ3v) is 4.02. The number of anilines is 2. The molecule has 26 heavy (non-hydrogen) atoms. The van der Waals surface area contributed by atoms with Crippen LogP contribution in [-0.4, -0.2) is 54.3 Å². The van der Waals surface area contributed by atoms with Crippen LogP contribution in [0.3, 0.4) is 0 Å². The van der Waals surface area contributed by atoms with Crippen LogP contribution in [0.2, 0.25) is 0 Å². The lowest BCUT2D eigenvalue weighted by molar-refractivity contribution is -0.119. The Kier molecular flexibility index (Phi) is 4.92. The first kappa shape index (κ1) is 17.5. The monoisotopic (exact) mass is 363 g/mol. The van der Waals surface area contributed by atoms with Gasteiger partial charge in [0.15, 0.2) is 0 Å². The van der Waals surface area contributed by atoms with Crippen molar-refractivity contribution in [2.75, 3.05) is 29.6 Å². The summed E-state index contributed by atoms with van der Waals surface area (Å²) in [5.41, 5.74) is 0.658. The average molecular weight is 363 g/mol. The summed E-state index contributed by atoms with van der Waals surface area (Å²) in [4.78, 5) is 27.6. The summed E-state index contributed by atoms with van der Waals surface area (Å²) in [7, 11) is 0. The minimum atomic E-state index is -0.584. The van der Waals surface area contributed by atoms with Crippen LogP contribution in [0.4, 0.5) is 20.6 Å². The first-order valence-corrected chi connectivity index (χ1v) is 7.88. The number of amides is 2. The molecule has 1 aromatic carbocycles. The standard InChI is InChI=1S/C16H18FN5O4/c1-11(23)18-7-13-8-26-16(24)22(13)12-2-3-15(14(17)6-12)21-5-4-20(10-21)9-19-25/h2-6,9,13,25H,7-8,10H2,1H3,(H,18,23)/t13-/m0/s1. The molecule has 0 saturated carbocycles. The Balaban J connectivity index is 1.77. The largest absolute Gasteiger partial charge is 0.447 e. The van der Waals surface area contributed by atoms with E-state index in [1.54, 1.807) is 34.3 Å². The molecule has 1 atom stereocenters. The normalized spacial score (nSPS) is 19.5. The van der Waals surface area contributed by atoms with E-state index in [9.17, 15) is 14.0 Å². The van der Waals surface area contributed by atoms with Crippen LogP contribution in [0, 0.1) is 5.82 Å². The van der Waals surface area contributed by atoms with E-state index in [-0.39, 0.29) is 25.7 Å². The van der Waals surface area contributed by atoms with Gasteiger partial charge in [-0.15, -0.1) is 0 Å². The highest BCUT2D eigenvalue weighted by Gasteiger charge is 2.34. The molecule has 2 heterocycles. The van der Waals surface area contributed by atoms with Gasteiger partial charge >= 0.3 is 6.09 Å². The zero-order chi connectivity index (χ0) is 18.7. The van der Waals surface area contributed by atoms with Crippen LogP contribution in [-0.2, 0) is 9.53 Å². The summed E-state index contributed by atoms with van der Waals surface area (Å²) < 4.78 is 19.6. The second kappa shape index (κ2) is 7.30. The average Bonchev–Trinajstić information content (AvgIpc) is 3.20. The smallest absolute Gasteiger partial charge is 0.414 e. The van der Waals surface area contributed by atoms with Gasteiger partial charge in [0.1, 0.15) is 18.8 Å². The van der Waals surface area contributed by atoms with Crippen LogP contribution in [0.25, 0.3) is 0 Å². The molecular weight excluding hydrogens is 345 g/mol. The van der Waals surface area contributed by atoms with E-state index >= 15 is 0 Å². The molecule has 0 radical (unpaired) electrons. The van der Waals surface area contributed by atoms with Crippen molar-refractivity contribution in [2.24, 2.45) is 5.16 Å². The molecule has 1 fully saturated rings. The summed E-state index contributed by atoms with van der Waals surface area (Å²) >= 11 is 0. The zero-order valence-electron chi connectivity index (χ0n) is 14.0.